The summed E-state index contributed by atoms with van der Waals surface area (Å²) in [6.07, 6.45) is 1.97. The Morgan fingerprint density at radius 1 is 1.22 bits per heavy atom. The zero-order valence-electron chi connectivity index (χ0n) is 18.4. The number of aliphatic hydroxyl groups excluding tert-OH is 2. The van der Waals surface area contributed by atoms with Crippen molar-refractivity contribution in [3.8, 4) is 17.3 Å². The summed E-state index contributed by atoms with van der Waals surface area (Å²) in [7, 11) is -2.28. The lowest BCUT2D eigenvalue weighted by Gasteiger charge is -2.20. The largest absolute Gasteiger partial charge is 0.392 e. The second-order valence-electron chi connectivity index (χ2n) is 7.74. The molecule has 0 aliphatic heterocycles. The summed E-state index contributed by atoms with van der Waals surface area (Å²) in [6, 6.07) is 7.44. The molecule has 1 aromatic carbocycles. The maximum absolute atomic E-state index is 13.5. The highest BCUT2D eigenvalue weighted by molar-refractivity contribution is 7.92. The molecule has 1 aromatic heterocycles. The summed E-state index contributed by atoms with van der Waals surface area (Å²) < 4.78 is 38.6. The Morgan fingerprint density at radius 3 is 2.38 bits per heavy atom. The van der Waals surface area contributed by atoms with E-state index in [1.807, 2.05) is 19.9 Å². The van der Waals surface area contributed by atoms with Gasteiger partial charge in [0, 0.05) is 24.6 Å². The number of nitrogens with zero attached hydrogens (tertiary/aromatic N) is 4. The van der Waals surface area contributed by atoms with Crippen LogP contribution in [0, 0.1) is 17.1 Å². The number of aliphatic hydroxyl groups is 2. The Morgan fingerprint density at radius 2 is 1.84 bits per heavy atom. The summed E-state index contributed by atoms with van der Waals surface area (Å²) in [5.74, 6) is -0.595. The Labute approximate surface area is 187 Å². The molecule has 172 valence electrons. The third-order valence-electron chi connectivity index (χ3n) is 4.73. The third-order valence-corrected chi connectivity index (χ3v) is 5.89. The minimum atomic E-state index is -3.63. The number of hydrogen-bond donors (Lipinski definition) is 2. The fourth-order valence-electron chi connectivity index (χ4n) is 2.95. The predicted molar refractivity (Wildman–Crippen MR) is 121 cm³/mol. The molecule has 0 saturated carbocycles. The van der Waals surface area contributed by atoms with Crippen LogP contribution in [0.15, 0.2) is 30.3 Å². The van der Waals surface area contributed by atoms with Gasteiger partial charge in [-0.3, -0.25) is 0 Å². The first-order valence-electron chi connectivity index (χ1n) is 9.97. The van der Waals surface area contributed by atoms with Crippen LogP contribution < -0.4 is 4.31 Å². The number of halogens is 1. The zero-order valence-corrected chi connectivity index (χ0v) is 19.2. The van der Waals surface area contributed by atoms with Gasteiger partial charge in [0.05, 0.1) is 42.3 Å². The van der Waals surface area contributed by atoms with E-state index >= 15 is 0 Å². The first kappa shape index (κ1) is 25.4. The molecule has 1 heterocycles. The standard InChI is InChI=1S/C22H27FN4O4S/c1-14(2)20-19(10-9-17(28)13-18(29)11-12-24)21(15-5-7-16(23)8-6-15)26-22(25-20)27(3)32(4,30)31/h5-10,14,17-18,28-29H,11,13H2,1-4H3/b10-9+/t17-,18+/m1/s1. The van der Waals surface area contributed by atoms with Gasteiger partial charge in [0.15, 0.2) is 0 Å². The molecule has 0 bridgehead atoms. The molecule has 10 heteroatoms. The summed E-state index contributed by atoms with van der Waals surface area (Å²) in [6.45, 7) is 3.76. The molecule has 0 spiro atoms. The highest BCUT2D eigenvalue weighted by Gasteiger charge is 2.22. The quantitative estimate of drug-likeness (QED) is 0.586. The number of rotatable bonds is 9. The minimum absolute atomic E-state index is 0.0251. The number of hydrogen-bond acceptors (Lipinski definition) is 7. The number of aromatic nitrogens is 2. The topological polar surface area (TPSA) is 127 Å². The molecule has 0 saturated heterocycles. The molecular formula is C22H27FN4O4S. The molecule has 0 amide bonds. The Kier molecular flexibility index (Phi) is 8.44. The highest BCUT2D eigenvalue weighted by Crippen LogP contribution is 2.31. The zero-order chi connectivity index (χ0) is 24.1. The molecular weight excluding hydrogens is 435 g/mol. The molecule has 2 N–H and O–H groups in total. The summed E-state index contributed by atoms with van der Waals surface area (Å²) >= 11 is 0. The van der Waals surface area contributed by atoms with Gasteiger partial charge < -0.3 is 10.2 Å². The van der Waals surface area contributed by atoms with Crippen molar-refractivity contribution in [1.82, 2.24) is 9.97 Å². The molecule has 2 rings (SSSR count). The van der Waals surface area contributed by atoms with Crippen LogP contribution in [-0.2, 0) is 10.0 Å². The normalized spacial score (nSPS) is 13.8. The van der Waals surface area contributed by atoms with Crippen molar-refractivity contribution in [3.05, 3.63) is 47.4 Å². The maximum Gasteiger partial charge on any atom is 0.239 e. The van der Waals surface area contributed by atoms with Crippen LogP contribution in [-0.4, -0.2) is 54.1 Å². The summed E-state index contributed by atoms with van der Waals surface area (Å²) in [5, 5.41) is 28.7. The van der Waals surface area contributed by atoms with Gasteiger partial charge in [0.1, 0.15) is 5.82 Å². The van der Waals surface area contributed by atoms with Crippen LogP contribution in [0.1, 0.15) is 43.9 Å². The molecule has 0 aliphatic carbocycles. The molecule has 0 aliphatic rings. The average molecular weight is 463 g/mol. The van der Waals surface area contributed by atoms with Gasteiger partial charge >= 0.3 is 0 Å². The second-order valence-corrected chi connectivity index (χ2v) is 9.76. The highest BCUT2D eigenvalue weighted by atomic mass is 32.2. The van der Waals surface area contributed by atoms with Crippen LogP contribution in [0.25, 0.3) is 17.3 Å². The van der Waals surface area contributed by atoms with E-state index in [4.69, 9.17) is 5.26 Å². The van der Waals surface area contributed by atoms with Crippen LogP contribution >= 0.6 is 0 Å². The first-order chi connectivity index (χ1) is 14.9. The van der Waals surface area contributed by atoms with E-state index in [1.54, 1.807) is 6.08 Å². The average Bonchev–Trinajstić information content (AvgIpc) is 2.71. The van der Waals surface area contributed by atoms with Crippen LogP contribution in [0.5, 0.6) is 0 Å². The van der Waals surface area contributed by atoms with Gasteiger partial charge in [-0.15, -0.1) is 0 Å². The fraction of sp³-hybridized carbons (Fsp3) is 0.409. The van der Waals surface area contributed by atoms with E-state index in [2.05, 4.69) is 9.97 Å². The van der Waals surface area contributed by atoms with Gasteiger partial charge in [-0.2, -0.15) is 5.26 Å². The van der Waals surface area contributed by atoms with Gasteiger partial charge in [-0.1, -0.05) is 26.0 Å². The van der Waals surface area contributed by atoms with Crippen molar-refractivity contribution in [2.24, 2.45) is 0 Å². The van der Waals surface area contributed by atoms with Crippen molar-refractivity contribution in [3.63, 3.8) is 0 Å². The lowest BCUT2D eigenvalue weighted by molar-refractivity contribution is 0.107. The monoisotopic (exact) mass is 462 g/mol. The van der Waals surface area contributed by atoms with E-state index < -0.39 is 28.0 Å². The van der Waals surface area contributed by atoms with Crippen LogP contribution in [0.4, 0.5) is 10.3 Å². The Balaban J connectivity index is 2.65. The number of anilines is 1. The molecule has 0 radical (unpaired) electrons. The number of nitriles is 1. The molecule has 8 nitrogen and oxygen atoms in total. The smallest absolute Gasteiger partial charge is 0.239 e. The number of sulfonamides is 1. The third kappa shape index (κ3) is 6.56. The molecule has 2 aromatic rings. The predicted octanol–water partition coefficient (Wildman–Crippen LogP) is 2.84. The molecule has 2 atom stereocenters. The lowest BCUT2D eigenvalue weighted by Crippen LogP contribution is -2.27. The molecule has 32 heavy (non-hydrogen) atoms. The number of benzene rings is 1. The minimum Gasteiger partial charge on any atom is -0.392 e. The van der Waals surface area contributed by atoms with Gasteiger partial charge in [-0.05, 0) is 30.2 Å². The SMILES string of the molecule is CC(C)c1nc(N(C)S(C)(=O)=O)nc(-c2ccc(F)cc2)c1/C=C/[C@@H](O)C[C@@H](O)CC#N. The Hall–Kier alpha value is -2.87. The fourth-order valence-corrected chi connectivity index (χ4v) is 3.33. The van der Waals surface area contributed by atoms with Crippen molar-refractivity contribution >= 4 is 22.0 Å². The van der Waals surface area contributed by atoms with E-state index in [0.29, 0.717) is 22.5 Å². The van der Waals surface area contributed by atoms with Crippen molar-refractivity contribution in [1.29, 1.82) is 5.26 Å². The first-order valence-corrected chi connectivity index (χ1v) is 11.8. The van der Waals surface area contributed by atoms with Crippen LogP contribution in [0.3, 0.4) is 0 Å². The summed E-state index contributed by atoms with van der Waals surface area (Å²) in [4.78, 5) is 8.89. The van der Waals surface area contributed by atoms with Crippen LogP contribution in [0.2, 0.25) is 0 Å². The van der Waals surface area contributed by atoms with Crippen molar-refractivity contribution in [2.75, 3.05) is 17.6 Å². The summed E-state index contributed by atoms with van der Waals surface area (Å²) in [5.41, 5.74) is 1.98. The van der Waals surface area contributed by atoms with E-state index in [1.165, 1.54) is 37.4 Å². The van der Waals surface area contributed by atoms with Gasteiger partial charge in [0.2, 0.25) is 16.0 Å². The van der Waals surface area contributed by atoms with E-state index in [9.17, 15) is 23.0 Å². The van der Waals surface area contributed by atoms with Gasteiger partial charge in [0.25, 0.3) is 0 Å². The van der Waals surface area contributed by atoms with Gasteiger partial charge in [-0.25, -0.2) is 27.1 Å². The molecule has 0 fully saturated rings. The van der Waals surface area contributed by atoms with E-state index in [-0.39, 0.29) is 24.7 Å². The van der Waals surface area contributed by atoms with E-state index in [0.717, 1.165) is 10.6 Å². The lowest BCUT2D eigenvalue weighted by atomic mass is 9.97. The maximum atomic E-state index is 13.5. The Bertz CT molecular complexity index is 1110. The van der Waals surface area contributed by atoms with Crippen molar-refractivity contribution in [2.45, 2.75) is 44.8 Å². The second kappa shape index (κ2) is 10.6. The molecule has 0 unspecified atom stereocenters. The van der Waals surface area contributed by atoms with Crippen molar-refractivity contribution < 1.29 is 23.0 Å².